The molecular formula is C33H68. The average Bonchev–Trinajstić information content (AvgIpc) is 2.82. The normalized spacial score (nSPS) is 12.5. The van der Waals surface area contributed by atoms with Gasteiger partial charge in [-0.15, -0.1) is 0 Å². The molecule has 0 aromatic heterocycles. The molecule has 0 amide bonds. The summed E-state index contributed by atoms with van der Waals surface area (Å²) < 4.78 is 0. The molecule has 200 valence electrons. The minimum atomic E-state index is 0.969. The van der Waals surface area contributed by atoms with Crippen LogP contribution in [-0.2, 0) is 0 Å². The molecule has 0 heteroatoms. The Morgan fingerprint density at radius 2 is 0.455 bits per heavy atom. The van der Waals surface area contributed by atoms with Crippen molar-refractivity contribution < 1.29 is 0 Å². The third-order valence-corrected chi connectivity index (χ3v) is 7.85. The third-order valence-electron chi connectivity index (χ3n) is 7.85. The van der Waals surface area contributed by atoms with Crippen LogP contribution in [0.2, 0.25) is 0 Å². The molecule has 0 heterocycles. The Kier molecular flexibility index (Phi) is 30.0. The summed E-state index contributed by atoms with van der Waals surface area (Å²) in [5.74, 6) is 0.969. The van der Waals surface area contributed by atoms with Crippen LogP contribution in [0.15, 0.2) is 0 Å². The molecular weight excluding hydrogens is 396 g/mol. The van der Waals surface area contributed by atoms with Gasteiger partial charge in [-0.25, -0.2) is 0 Å². The lowest BCUT2D eigenvalue weighted by Crippen LogP contribution is -1.94. The molecule has 0 rings (SSSR count). The zero-order valence-corrected chi connectivity index (χ0v) is 24.1. The summed E-state index contributed by atoms with van der Waals surface area (Å²) in [5.41, 5.74) is 0. The minimum Gasteiger partial charge on any atom is -0.0654 e. The van der Waals surface area contributed by atoms with Crippen molar-refractivity contribution >= 4 is 0 Å². The standard InChI is InChI=1S/C33H68/c1-4-6-8-9-10-11-12-13-14-15-16-17-18-19-20-21-22-23-24-25-26-27-28-30-32-33(3)31-29-7-5-2/h33H,4-32H2,1-3H3/t33-/m1/s1. The third kappa shape index (κ3) is 30.0. The Hall–Kier alpha value is 0. The molecule has 33 heavy (non-hydrogen) atoms. The first-order valence-electron chi connectivity index (χ1n) is 16.3. The molecule has 0 unspecified atom stereocenters. The monoisotopic (exact) mass is 465 g/mol. The maximum atomic E-state index is 2.47. The van der Waals surface area contributed by atoms with Crippen molar-refractivity contribution in [2.24, 2.45) is 5.92 Å². The molecule has 0 saturated carbocycles. The molecule has 0 bridgehead atoms. The minimum absolute atomic E-state index is 0.969. The van der Waals surface area contributed by atoms with Gasteiger partial charge in [0.2, 0.25) is 0 Å². The second-order valence-corrected chi connectivity index (χ2v) is 11.5. The van der Waals surface area contributed by atoms with Crippen molar-refractivity contribution in [2.75, 3.05) is 0 Å². The Morgan fingerprint density at radius 1 is 0.273 bits per heavy atom. The topological polar surface area (TPSA) is 0 Å². The fourth-order valence-corrected chi connectivity index (χ4v) is 5.34. The Labute approximate surface area is 212 Å². The molecule has 0 N–H and O–H groups in total. The molecule has 0 saturated heterocycles. The highest BCUT2D eigenvalue weighted by Crippen LogP contribution is 2.18. The van der Waals surface area contributed by atoms with Crippen molar-refractivity contribution in [3.63, 3.8) is 0 Å². The van der Waals surface area contributed by atoms with Crippen LogP contribution in [0, 0.1) is 5.92 Å². The van der Waals surface area contributed by atoms with Gasteiger partial charge in [0.15, 0.2) is 0 Å². The lowest BCUT2D eigenvalue weighted by atomic mass is 9.96. The summed E-state index contributed by atoms with van der Waals surface area (Å²) in [6.07, 6.45) is 42.8. The van der Waals surface area contributed by atoms with E-state index in [0.717, 1.165) is 5.92 Å². The molecule has 0 aromatic carbocycles. The maximum absolute atomic E-state index is 2.47. The largest absolute Gasteiger partial charge is 0.0654 e. The first kappa shape index (κ1) is 33.0. The van der Waals surface area contributed by atoms with Crippen molar-refractivity contribution in [1.82, 2.24) is 0 Å². The molecule has 0 aliphatic rings. The first-order valence-corrected chi connectivity index (χ1v) is 16.3. The van der Waals surface area contributed by atoms with Crippen LogP contribution in [0.5, 0.6) is 0 Å². The SMILES string of the molecule is CCCCCCCCCCCCCCCCCCCCCCCCCC[C@H](C)CCCCC. The lowest BCUT2D eigenvalue weighted by molar-refractivity contribution is 0.435. The van der Waals surface area contributed by atoms with Gasteiger partial charge in [0.25, 0.3) is 0 Å². The Morgan fingerprint density at radius 3 is 0.727 bits per heavy atom. The highest BCUT2D eigenvalue weighted by atomic mass is 14.1. The van der Waals surface area contributed by atoms with Gasteiger partial charge in [-0.3, -0.25) is 0 Å². The van der Waals surface area contributed by atoms with E-state index < -0.39 is 0 Å². The highest BCUT2D eigenvalue weighted by Gasteiger charge is 2.01. The summed E-state index contributed by atoms with van der Waals surface area (Å²) in [5, 5.41) is 0. The Balaban J connectivity index is 3.05. The van der Waals surface area contributed by atoms with Crippen LogP contribution in [0.1, 0.15) is 207 Å². The molecule has 0 aromatic rings. The molecule has 0 fully saturated rings. The van der Waals surface area contributed by atoms with Crippen LogP contribution in [-0.4, -0.2) is 0 Å². The van der Waals surface area contributed by atoms with Crippen LogP contribution in [0.3, 0.4) is 0 Å². The number of unbranched alkanes of at least 4 members (excludes halogenated alkanes) is 25. The van der Waals surface area contributed by atoms with Crippen LogP contribution < -0.4 is 0 Å². The van der Waals surface area contributed by atoms with Crippen molar-refractivity contribution in [3.8, 4) is 0 Å². The van der Waals surface area contributed by atoms with Crippen molar-refractivity contribution in [1.29, 1.82) is 0 Å². The molecule has 0 nitrogen and oxygen atoms in total. The van der Waals surface area contributed by atoms with E-state index in [-0.39, 0.29) is 0 Å². The van der Waals surface area contributed by atoms with Gasteiger partial charge in [0, 0.05) is 0 Å². The van der Waals surface area contributed by atoms with Gasteiger partial charge < -0.3 is 0 Å². The van der Waals surface area contributed by atoms with E-state index in [9.17, 15) is 0 Å². The predicted octanol–water partition coefficient (Wildman–Crippen LogP) is 13.0. The second kappa shape index (κ2) is 30.0. The maximum Gasteiger partial charge on any atom is -0.0443 e. The summed E-state index contributed by atoms with van der Waals surface area (Å²) in [6.45, 7) is 7.08. The summed E-state index contributed by atoms with van der Waals surface area (Å²) in [6, 6.07) is 0. The van der Waals surface area contributed by atoms with Crippen LogP contribution in [0.4, 0.5) is 0 Å². The van der Waals surface area contributed by atoms with Gasteiger partial charge in [0.05, 0.1) is 0 Å². The van der Waals surface area contributed by atoms with Crippen LogP contribution >= 0.6 is 0 Å². The van der Waals surface area contributed by atoms with E-state index in [2.05, 4.69) is 20.8 Å². The van der Waals surface area contributed by atoms with E-state index in [1.165, 1.54) is 186 Å². The van der Waals surface area contributed by atoms with E-state index in [0.29, 0.717) is 0 Å². The van der Waals surface area contributed by atoms with Gasteiger partial charge in [-0.1, -0.05) is 207 Å². The van der Waals surface area contributed by atoms with E-state index in [1.807, 2.05) is 0 Å². The van der Waals surface area contributed by atoms with Crippen molar-refractivity contribution in [3.05, 3.63) is 0 Å². The van der Waals surface area contributed by atoms with Gasteiger partial charge in [-0.05, 0) is 5.92 Å². The van der Waals surface area contributed by atoms with E-state index in [1.54, 1.807) is 0 Å². The lowest BCUT2D eigenvalue weighted by Gasteiger charge is -2.10. The fraction of sp³-hybridized carbons (Fsp3) is 1.00. The number of rotatable bonds is 29. The van der Waals surface area contributed by atoms with Crippen LogP contribution in [0.25, 0.3) is 0 Å². The first-order chi connectivity index (χ1) is 16.3. The summed E-state index contributed by atoms with van der Waals surface area (Å²) in [7, 11) is 0. The smallest absolute Gasteiger partial charge is 0.0443 e. The fourth-order valence-electron chi connectivity index (χ4n) is 5.34. The Bertz CT molecular complexity index is 320. The highest BCUT2D eigenvalue weighted by molar-refractivity contribution is 4.55. The van der Waals surface area contributed by atoms with E-state index >= 15 is 0 Å². The molecule has 0 spiro atoms. The van der Waals surface area contributed by atoms with Crippen molar-refractivity contribution in [2.45, 2.75) is 207 Å². The van der Waals surface area contributed by atoms with Gasteiger partial charge >= 0.3 is 0 Å². The van der Waals surface area contributed by atoms with Gasteiger partial charge in [-0.2, -0.15) is 0 Å². The molecule has 0 aliphatic carbocycles. The van der Waals surface area contributed by atoms with E-state index in [4.69, 9.17) is 0 Å². The number of hydrogen-bond acceptors (Lipinski definition) is 0. The molecule has 0 radical (unpaired) electrons. The predicted molar refractivity (Wildman–Crippen MR) is 154 cm³/mol. The number of hydrogen-bond donors (Lipinski definition) is 0. The zero-order valence-electron chi connectivity index (χ0n) is 24.1. The van der Waals surface area contributed by atoms with Gasteiger partial charge in [0.1, 0.15) is 0 Å². The zero-order chi connectivity index (χ0) is 24.1. The average molecular weight is 465 g/mol. The molecule has 0 aliphatic heterocycles. The second-order valence-electron chi connectivity index (χ2n) is 11.5. The summed E-state index contributed by atoms with van der Waals surface area (Å²) >= 11 is 0. The summed E-state index contributed by atoms with van der Waals surface area (Å²) in [4.78, 5) is 0. The molecule has 1 atom stereocenters. The quantitative estimate of drug-likeness (QED) is 0.0965.